The van der Waals surface area contributed by atoms with E-state index in [1.165, 1.54) is 6.07 Å². The fraction of sp³-hybridized carbons (Fsp3) is 0.188. The summed E-state index contributed by atoms with van der Waals surface area (Å²) >= 11 is 5.60. The van der Waals surface area contributed by atoms with Crippen molar-refractivity contribution in [1.82, 2.24) is 0 Å². The van der Waals surface area contributed by atoms with Gasteiger partial charge in [0.25, 0.3) is 0 Å². The Hall–Kier alpha value is -2.01. The first-order valence-electron chi connectivity index (χ1n) is 6.48. The van der Waals surface area contributed by atoms with Crippen molar-refractivity contribution in [3.05, 3.63) is 64.2 Å². The number of anilines is 1. The van der Waals surface area contributed by atoms with E-state index in [1.54, 1.807) is 12.1 Å². The fourth-order valence-corrected chi connectivity index (χ4v) is 2.21. The normalized spacial score (nSPS) is 11.3. The van der Waals surface area contributed by atoms with Crippen molar-refractivity contribution in [3.8, 4) is 0 Å². The maximum atomic E-state index is 13.0. The number of alkyl halides is 3. The average molecular weight is 328 g/mol. The largest absolute Gasteiger partial charge is 0.418 e. The van der Waals surface area contributed by atoms with Crippen LogP contribution in [0.25, 0.3) is 0 Å². The molecule has 0 aliphatic rings. The Labute approximate surface area is 130 Å². The maximum absolute atomic E-state index is 13.0. The molecule has 0 aliphatic carbocycles. The molecule has 0 atom stereocenters. The topological polar surface area (TPSA) is 29.1 Å². The number of amides is 1. The summed E-state index contributed by atoms with van der Waals surface area (Å²) < 4.78 is 38.9. The van der Waals surface area contributed by atoms with Crippen LogP contribution < -0.4 is 5.32 Å². The predicted molar refractivity (Wildman–Crippen MR) is 80.0 cm³/mol. The Morgan fingerprint density at radius 2 is 1.86 bits per heavy atom. The SMILES string of the molecule is Cc1ccccc1CC(=O)Nc1ccc(Cl)cc1C(F)(F)F. The molecule has 2 nitrogen and oxygen atoms in total. The van der Waals surface area contributed by atoms with Gasteiger partial charge in [-0.1, -0.05) is 35.9 Å². The molecule has 22 heavy (non-hydrogen) atoms. The van der Waals surface area contributed by atoms with Gasteiger partial charge in [0.1, 0.15) is 0 Å². The third-order valence-electron chi connectivity index (χ3n) is 3.17. The van der Waals surface area contributed by atoms with E-state index in [0.29, 0.717) is 0 Å². The smallest absolute Gasteiger partial charge is 0.325 e. The van der Waals surface area contributed by atoms with Crippen LogP contribution in [0.1, 0.15) is 16.7 Å². The van der Waals surface area contributed by atoms with E-state index in [4.69, 9.17) is 11.6 Å². The molecular formula is C16H13ClF3NO. The summed E-state index contributed by atoms with van der Waals surface area (Å²) in [5, 5.41) is 2.26. The van der Waals surface area contributed by atoms with E-state index < -0.39 is 17.6 Å². The molecule has 0 heterocycles. The fourth-order valence-electron chi connectivity index (χ4n) is 2.04. The maximum Gasteiger partial charge on any atom is 0.418 e. The molecule has 0 spiro atoms. The molecular weight excluding hydrogens is 315 g/mol. The average Bonchev–Trinajstić information content (AvgIpc) is 2.42. The third kappa shape index (κ3) is 4.01. The van der Waals surface area contributed by atoms with Crippen molar-refractivity contribution in [2.45, 2.75) is 19.5 Å². The standard InChI is InChI=1S/C16H13ClF3NO/c1-10-4-2-3-5-11(10)8-15(22)21-14-7-6-12(17)9-13(14)16(18,19)20/h2-7,9H,8H2,1H3,(H,21,22). The Balaban J connectivity index is 2.21. The number of carbonyl (C=O) groups is 1. The quantitative estimate of drug-likeness (QED) is 0.858. The first-order valence-corrected chi connectivity index (χ1v) is 6.86. The number of nitrogens with one attached hydrogen (secondary N) is 1. The molecule has 0 radical (unpaired) electrons. The molecule has 116 valence electrons. The van der Waals surface area contributed by atoms with Gasteiger partial charge in [-0.2, -0.15) is 13.2 Å². The number of hydrogen-bond donors (Lipinski definition) is 1. The minimum Gasteiger partial charge on any atom is -0.325 e. The Morgan fingerprint density at radius 3 is 2.50 bits per heavy atom. The summed E-state index contributed by atoms with van der Waals surface area (Å²) in [7, 11) is 0. The van der Waals surface area contributed by atoms with Gasteiger partial charge in [-0.25, -0.2) is 0 Å². The summed E-state index contributed by atoms with van der Waals surface area (Å²) in [6, 6.07) is 10.5. The van der Waals surface area contributed by atoms with Crippen LogP contribution in [-0.4, -0.2) is 5.91 Å². The lowest BCUT2D eigenvalue weighted by Gasteiger charge is -2.14. The van der Waals surface area contributed by atoms with Crippen molar-refractivity contribution in [3.63, 3.8) is 0 Å². The molecule has 1 amide bonds. The van der Waals surface area contributed by atoms with Gasteiger partial charge >= 0.3 is 6.18 Å². The summed E-state index contributed by atoms with van der Waals surface area (Å²) in [5.74, 6) is -0.512. The summed E-state index contributed by atoms with van der Waals surface area (Å²) in [5.41, 5.74) is 0.418. The van der Waals surface area contributed by atoms with Crippen LogP contribution in [0.5, 0.6) is 0 Å². The van der Waals surface area contributed by atoms with Crippen LogP contribution in [0.15, 0.2) is 42.5 Å². The van der Waals surface area contributed by atoms with Crippen molar-refractivity contribution < 1.29 is 18.0 Å². The van der Waals surface area contributed by atoms with Crippen LogP contribution in [-0.2, 0) is 17.4 Å². The Morgan fingerprint density at radius 1 is 1.18 bits per heavy atom. The second-order valence-electron chi connectivity index (χ2n) is 4.84. The molecule has 2 aromatic rings. The molecule has 0 unspecified atom stereocenters. The first-order chi connectivity index (χ1) is 10.3. The van der Waals surface area contributed by atoms with E-state index in [9.17, 15) is 18.0 Å². The van der Waals surface area contributed by atoms with E-state index in [0.717, 1.165) is 23.3 Å². The van der Waals surface area contributed by atoms with E-state index in [-0.39, 0.29) is 17.1 Å². The highest BCUT2D eigenvalue weighted by atomic mass is 35.5. The van der Waals surface area contributed by atoms with Crippen molar-refractivity contribution in [2.75, 3.05) is 5.32 Å². The molecule has 0 saturated carbocycles. The molecule has 1 N–H and O–H groups in total. The van der Waals surface area contributed by atoms with Crippen LogP contribution in [0.2, 0.25) is 5.02 Å². The van der Waals surface area contributed by atoms with Gasteiger partial charge in [0.2, 0.25) is 5.91 Å². The third-order valence-corrected chi connectivity index (χ3v) is 3.41. The minimum absolute atomic E-state index is 0.00654. The van der Waals surface area contributed by atoms with Gasteiger partial charge in [-0.3, -0.25) is 4.79 Å². The van der Waals surface area contributed by atoms with E-state index >= 15 is 0 Å². The molecule has 0 aliphatic heterocycles. The zero-order valence-corrected chi connectivity index (χ0v) is 12.4. The number of benzene rings is 2. The minimum atomic E-state index is -4.59. The number of hydrogen-bond acceptors (Lipinski definition) is 1. The van der Waals surface area contributed by atoms with E-state index in [1.807, 2.05) is 19.1 Å². The van der Waals surface area contributed by atoms with Crippen LogP contribution >= 0.6 is 11.6 Å². The highest BCUT2D eigenvalue weighted by molar-refractivity contribution is 6.30. The summed E-state index contributed by atoms with van der Waals surface area (Å²) in [6.45, 7) is 1.84. The Kier molecular flexibility index (Phi) is 4.76. The monoisotopic (exact) mass is 327 g/mol. The number of carbonyl (C=O) groups excluding carboxylic acids is 1. The van der Waals surface area contributed by atoms with Gasteiger partial charge in [0, 0.05) is 5.02 Å². The second-order valence-corrected chi connectivity index (χ2v) is 5.28. The second kappa shape index (κ2) is 6.40. The number of halogens is 4. The lowest BCUT2D eigenvalue weighted by Crippen LogP contribution is -2.18. The number of rotatable bonds is 3. The molecule has 0 fully saturated rings. The molecule has 6 heteroatoms. The highest BCUT2D eigenvalue weighted by Crippen LogP contribution is 2.36. The molecule has 0 saturated heterocycles. The zero-order valence-electron chi connectivity index (χ0n) is 11.7. The van der Waals surface area contributed by atoms with Gasteiger partial charge < -0.3 is 5.32 Å². The van der Waals surface area contributed by atoms with Crippen molar-refractivity contribution in [1.29, 1.82) is 0 Å². The van der Waals surface area contributed by atoms with Crippen LogP contribution in [0, 0.1) is 6.92 Å². The zero-order chi connectivity index (χ0) is 16.3. The molecule has 0 bridgehead atoms. The predicted octanol–water partition coefficient (Wildman–Crippen LogP) is 4.85. The molecule has 2 rings (SSSR count). The van der Waals surface area contributed by atoms with Gasteiger partial charge in [0.05, 0.1) is 17.7 Å². The number of aryl methyl sites for hydroxylation is 1. The lowest BCUT2D eigenvalue weighted by atomic mass is 10.1. The lowest BCUT2D eigenvalue weighted by molar-refractivity contribution is -0.137. The first kappa shape index (κ1) is 16.4. The Bertz CT molecular complexity index is 698. The molecule has 2 aromatic carbocycles. The van der Waals surface area contributed by atoms with Crippen molar-refractivity contribution >= 4 is 23.2 Å². The molecule has 0 aromatic heterocycles. The van der Waals surface area contributed by atoms with E-state index in [2.05, 4.69) is 5.32 Å². The van der Waals surface area contributed by atoms with Gasteiger partial charge in [0.15, 0.2) is 0 Å². The van der Waals surface area contributed by atoms with Crippen LogP contribution in [0.4, 0.5) is 18.9 Å². The van der Waals surface area contributed by atoms with Crippen molar-refractivity contribution in [2.24, 2.45) is 0 Å². The summed E-state index contributed by atoms with van der Waals surface area (Å²) in [6.07, 6.45) is -4.58. The summed E-state index contributed by atoms with van der Waals surface area (Å²) in [4.78, 5) is 12.0. The highest BCUT2D eigenvalue weighted by Gasteiger charge is 2.34. The van der Waals surface area contributed by atoms with Gasteiger partial charge in [-0.15, -0.1) is 0 Å². The van der Waals surface area contributed by atoms with Gasteiger partial charge in [-0.05, 0) is 36.2 Å². The van der Waals surface area contributed by atoms with Crippen LogP contribution in [0.3, 0.4) is 0 Å².